The van der Waals surface area contributed by atoms with Crippen LogP contribution in [0.2, 0.25) is 0 Å². The molecular weight excluding hydrogens is 162 g/mol. The Labute approximate surface area is 77.9 Å². The first-order valence-corrected chi connectivity index (χ1v) is 4.97. The van der Waals surface area contributed by atoms with E-state index in [4.69, 9.17) is 4.74 Å². The summed E-state index contributed by atoms with van der Waals surface area (Å²) >= 11 is 0. The Bertz CT molecular complexity index is 301. The molecule has 68 valence electrons. The zero-order chi connectivity index (χ0) is 8.73. The lowest BCUT2D eigenvalue weighted by atomic mass is 9.83. The van der Waals surface area contributed by atoms with Crippen LogP contribution in [0.1, 0.15) is 31.2 Å². The van der Waals surface area contributed by atoms with Gasteiger partial charge in [0.2, 0.25) is 0 Å². The Morgan fingerprint density at radius 2 is 1.92 bits per heavy atom. The molecule has 1 aromatic heterocycles. The van der Waals surface area contributed by atoms with Gasteiger partial charge in [-0.3, -0.25) is 4.98 Å². The predicted octanol–water partition coefficient (Wildman–Crippen LogP) is 2.25. The second kappa shape index (κ2) is 2.55. The Morgan fingerprint density at radius 1 is 1.23 bits per heavy atom. The van der Waals surface area contributed by atoms with Gasteiger partial charge in [0, 0.05) is 12.4 Å². The zero-order valence-corrected chi connectivity index (χ0v) is 7.57. The molecule has 1 aromatic rings. The molecule has 2 aliphatic heterocycles. The molecule has 2 aliphatic rings. The summed E-state index contributed by atoms with van der Waals surface area (Å²) in [7, 11) is 0. The third-order valence-corrected chi connectivity index (χ3v) is 3.34. The smallest absolute Gasteiger partial charge is 0.0938 e. The number of rotatable bonds is 1. The minimum Gasteiger partial charge on any atom is -0.367 e. The van der Waals surface area contributed by atoms with E-state index in [-0.39, 0.29) is 5.60 Å². The van der Waals surface area contributed by atoms with Crippen molar-refractivity contribution in [2.45, 2.75) is 37.4 Å². The second-order valence-corrected chi connectivity index (χ2v) is 4.05. The summed E-state index contributed by atoms with van der Waals surface area (Å²) in [6.45, 7) is 0. The fourth-order valence-electron chi connectivity index (χ4n) is 2.62. The summed E-state index contributed by atoms with van der Waals surface area (Å²) in [5, 5.41) is 0. The monoisotopic (exact) mass is 175 g/mol. The van der Waals surface area contributed by atoms with Crippen LogP contribution in [-0.2, 0) is 10.3 Å². The first-order valence-electron chi connectivity index (χ1n) is 4.97. The summed E-state index contributed by atoms with van der Waals surface area (Å²) < 4.78 is 6.02. The second-order valence-electron chi connectivity index (χ2n) is 4.05. The van der Waals surface area contributed by atoms with Crippen molar-refractivity contribution in [3.63, 3.8) is 0 Å². The van der Waals surface area contributed by atoms with E-state index < -0.39 is 0 Å². The molecule has 0 aliphatic carbocycles. The topological polar surface area (TPSA) is 22.1 Å². The van der Waals surface area contributed by atoms with Crippen molar-refractivity contribution in [3.05, 3.63) is 30.1 Å². The Hall–Kier alpha value is -0.890. The van der Waals surface area contributed by atoms with E-state index in [1.165, 1.54) is 31.2 Å². The van der Waals surface area contributed by atoms with E-state index in [0.717, 1.165) is 0 Å². The Morgan fingerprint density at radius 3 is 2.46 bits per heavy atom. The molecule has 2 nitrogen and oxygen atoms in total. The molecule has 0 saturated carbocycles. The van der Waals surface area contributed by atoms with Crippen molar-refractivity contribution in [3.8, 4) is 0 Å². The van der Waals surface area contributed by atoms with Gasteiger partial charge in [0.05, 0.1) is 11.7 Å². The lowest BCUT2D eigenvalue weighted by Crippen LogP contribution is -2.20. The van der Waals surface area contributed by atoms with E-state index >= 15 is 0 Å². The van der Waals surface area contributed by atoms with Crippen LogP contribution in [0.25, 0.3) is 0 Å². The highest BCUT2D eigenvalue weighted by Crippen LogP contribution is 2.49. The van der Waals surface area contributed by atoms with Crippen molar-refractivity contribution in [2.75, 3.05) is 0 Å². The van der Waals surface area contributed by atoms with Crippen molar-refractivity contribution in [1.82, 2.24) is 4.98 Å². The Kier molecular flexibility index (Phi) is 1.47. The maximum atomic E-state index is 6.02. The van der Waals surface area contributed by atoms with Crippen LogP contribution in [0.5, 0.6) is 0 Å². The van der Waals surface area contributed by atoms with Gasteiger partial charge in [0.1, 0.15) is 0 Å². The van der Waals surface area contributed by atoms with Gasteiger partial charge in [-0.15, -0.1) is 0 Å². The van der Waals surface area contributed by atoms with Gasteiger partial charge in [0.15, 0.2) is 0 Å². The molecule has 0 amide bonds. The number of nitrogens with zero attached hydrogens (tertiary/aromatic N) is 1. The number of ether oxygens (including phenoxy) is 1. The molecule has 0 N–H and O–H groups in total. The molecule has 0 unspecified atom stereocenters. The van der Waals surface area contributed by atoms with Crippen LogP contribution in [0.3, 0.4) is 0 Å². The van der Waals surface area contributed by atoms with Gasteiger partial charge >= 0.3 is 0 Å². The number of aromatic nitrogens is 1. The lowest BCUT2D eigenvalue weighted by molar-refractivity contribution is 0.00998. The minimum atomic E-state index is 0.0631. The molecular formula is C11H13NO. The summed E-state index contributed by atoms with van der Waals surface area (Å²) in [5.74, 6) is 0. The molecule has 3 heterocycles. The van der Waals surface area contributed by atoms with Crippen LogP contribution >= 0.6 is 0 Å². The number of hydrogen-bond donors (Lipinski definition) is 0. The van der Waals surface area contributed by atoms with E-state index in [2.05, 4.69) is 17.1 Å². The van der Waals surface area contributed by atoms with Gasteiger partial charge in [-0.1, -0.05) is 0 Å². The van der Waals surface area contributed by atoms with Crippen molar-refractivity contribution in [1.29, 1.82) is 0 Å². The fraction of sp³-hybridized carbons (Fsp3) is 0.545. The number of fused-ring (bicyclic) bond motifs is 2. The third kappa shape index (κ3) is 1.02. The lowest BCUT2D eigenvalue weighted by Gasteiger charge is -2.24. The maximum Gasteiger partial charge on any atom is 0.0938 e. The van der Waals surface area contributed by atoms with E-state index in [1.807, 2.05) is 12.4 Å². The van der Waals surface area contributed by atoms with E-state index in [0.29, 0.717) is 6.10 Å². The fourth-order valence-corrected chi connectivity index (χ4v) is 2.62. The standard InChI is InChI=1S/C11H13NO/c1-5-11(6-2-10(1)13-11)9-3-7-12-8-4-9/h3-4,7-8,10H,1-2,5-6H2. The van der Waals surface area contributed by atoms with Gasteiger partial charge in [0.25, 0.3) is 0 Å². The summed E-state index contributed by atoms with van der Waals surface area (Å²) in [4.78, 5) is 4.04. The summed E-state index contributed by atoms with van der Waals surface area (Å²) in [6.07, 6.45) is 9.12. The van der Waals surface area contributed by atoms with E-state index in [1.54, 1.807) is 0 Å². The van der Waals surface area contributed by atoms with Crippen LogP contribution in [0.15, 0.2) is 24.5 Å². The van der Waals surface area contributed by atoms with Crippen LogP contribution in [0, 0.1) is 0 Å². The van der Waals surface area contributed by atoms with Gasteiger partial charge < -0.3 is 4.74 Å². The average Bonchev–Trinajstić information content (AvgIpc) is 2.80. The molecule has 0 aromatic carbocycles. The Balaban J connectivity index is 2.00. The SMILES string of the molecule is c1cc(C23CCC(CC2)O3)ccn1. The van der Waals surface area contributed by atoms with Crippen LogP contribution in [-0.4, -0.2) is 11.1 Å². The first kappa shape index (κ1) is 7.51. The highest BCUT2D eigenvalue weighted by molar-refractivity contribution is 5.22. The predicted molar refractivity (Wildman–Crippen MR) is 49.3 cm³/mol. The molecule has 13 heavy (non-hydrogen) atoms. The average molecular weight is 175 g/mol. The summed E-state index contributed by atoms with van der Waals surface area (Å²) in [6, 6.07) is 4.18. The van der Waals surface area contributed by atoms with Crippen molar-refractivity contribution in [2.24, 2.45) is 0 Å². The van der Waals surface area contributed by atoms with Gasteiger partial charge in [-0.25, -0.2) is 0 Å². The molecule has 2 bridgehead atoms. The highest BCUT2D eigenvalue weighted by atomic mass is 16.5. The van der Waals surface area contributed by atoms with Gasteiger partial charge in [-0.05, 0) is 43.4 Å². The quantitative estimate of drug-likeness (QED) is 0.653. The highest BCUT2D eigenvalue weighted by Gasteiger charge is 2.47. The summed E-state index contributed by atoms with van der Waals surface area (Å²) in [5.41, 5.74) is 1.38. The molecule has 0 spiro atoms. The molecule has 2 saturated heterocycles. The van der Waals surface area contributed by atoms with Crippen molar-refractivity contribution >= 4 is 0 Å². The maximum absolute atomic E-state index is 6.02. The molecule has 3 rings (SSSR count). The van der Waals surface area contributed by atoms with E-state index in [9.17, 15) is 0 Å². The normalized spacial score (nSPS) is 36.8. The van der Waals surface area contributed by atoms with Crippen molar-refractivity contribution < 1.29 is 4.74 Å². The van der Waals surface area contributed by atoms with Crippen LogP contribution < -0.4 is 0 Å². The third-order valence-electron chi connectivity index (χ3n) is 3.34. The zero-order valence-electron chi connectivity index (χ0n) is 7.57. The minimum absolute atomic E-state index is 0.0631. The molecule has 0 radical (unpaired) electrons. The number of pyridine rings is 1. The largest absolute Gasteiger partial charge is 0.367 e. The number of hydrogen-bond acceptors (Lipinski definition) is 2. The molecule has 0 atom stereocenters. The molecule has 2 fully saturated rings. The molecule has 2 heteroatoms. The van der Waals surface area contributed by atoms with Crippen LogP contribution in [0.4, 0.5) is 0 Å². The van der Waals surface area contributed by atoms with Gasteiger partial charge in [-0.2, -0.15) is 0 Å². The first-order chi connectivity index (χ1) is 6.39.